The molecule has 160 valence electrons. The number of carbonyl (C=O) groups excluding carboxylic acids is 3. The van der Waals surface area contributed by atoms with Gasteiger partial charge in [-0.15, -0.1) is 0 Å². The Morgan fingerprint density at radius 1 is 0.867 bits per heavy atom. The summed E-state index contributed by atoms with van der Waals surface area (Å²) < 4.78 is 0. The highest BCUT2D eigenvalue weighted by atomic mass is 16.2. The van der Waals surface area contributed by atoms with E-state index in [0.717, 1.165) is 0 Å². The number of hydrogen-bond donors (Lipinski definition) is 3. The van der Waals surface area contributed by atoms with Crippen LogP contribution in [0.2, 0.25) is 0 Å². The molecule has 0 fully saturated rings. The molecule has 0 saturated heterocycles. The molecule has 4 amide bonds. The van der Waals surface area contributed by atoms with Crippen molar-refractivity contribution in [2.45, 2.75) is 33.7 Å². The molecule has 2 aromatic carbocycles. The minimum Gasteiger partial charge on any atom is -0.339 e. The minimum absolute atomic E-state index is 0.0862. The van der Waals surface area contributed by atoms with Crippen LogP contribution in [0.4, 0.5) is 16.2 Å². The highest BCUT2D eigenvalue weighted by Crippen LogP contribution is 2.15. The molecule has 0 saturated carbocycles. The van der Waals surface area contributed by atoms with Crippen LogP contribution in [-0.4, -0.2) is 41.9 Å². The Morgan fingerprint density at radius 2 is 1.50 bits per heavy atom. The molecule has 0 aliphatic heterocycles. The number of nitrogens with one attached hydrogen (secondary N) is 3. The number of carbonyl (C=O) groups is 3. The zero-order valence-electron chi connectivity index (χ0n) is 17.9. The van der Waals surface area contributed by atoms with E-state index >= 15 is 0 Å². The number of anilines is 2. The molecule has 2 aromatic rings. The quantitative estimate of drug-likeness (QED) is 0.615. The van der Waals surface area contributed by atoms with Gasteiger partial charge in [0, 0.05) is 30.0 Å². The molecular weight excluding hydrogens is 380 g/mol. The van der Waals surface area contributed by atoms with E-state index in [9.17, 15) is 14.4 Å². The number of nitrogens with zero attached hydrogens (tertiary/aromatic N) is 1. The van der Waals surface area contributed by atoms with Gasteiger partial charge in [0.1, 0.15) is 6.04 Å². The Kier molecular flexibility index (Phi) is 8.41. The van der Waals surface area contributed by atoms with Gasteiger partial charge in [-0.1, -0.05) is 38.1 Å². The van der Waals surface area contributed by atoms with E-state index in [-0.39, 0.29) is 17.7 Å². The maximum absolute atomic E-state index is 12.8. The first-order chi connectivity index (χ1) is 14.3. The van der Waals surface area contributed by atoms with Crippen LogP contribution in [0, 0.1) is 5.92 Å². The fraction of sp³-hybridized carbons (Fsp3) is 0.348. The molecule has 0 aliphatic rings. The van der Waals surface area contributed by atoms with E-state index in [0.29, 0.717) is 30.0 Å². The van der Waals surface area contributed by atoms with Gasteiger partial charge in [-0.25, -0.2) is 4.79 Å². The van der Waals surface area contributed by atoms with Crippen LogP contribution >= 0.6 is 0 Å². The lowest BCUT2D eigenvalue weighted by molar-refractivity contribution is -0.118. The SMILES string of the molecule is CCN(CC)C(=O)c1cccc(NC(=O)[C@H](NC(=O)Nc2ccccc2)C(C)C)c1. The third kappa shape index (κ3) is 6.34. The third-order valence-electron chi connectivity index (χ3n) is 4.70. The lowest BCUT2D eigenvalue weighted by atomic mass is 10.0. The second kappa shape index (κ2) is 11.0. The number of urea groups is 1. The van der Waals surface area contributed by atoms with Gasteiger partial charge in [-0.2, -0.15) is 0 Å². The van der Waals surface area contributed by atoms with Gasteiger partial charge < -0.3 is 20.9 Å². The van der Waals surface area contributed by atoms with Crippen LogP contribution in [0.5, 0.6) is 0 Å². The van der Waals surface area contributed by atoms with Gasteiger partial charge in [0.05, 0.1) is 0 Å². The Hall–Kier alpha value is -3.35. The van der Waals surface area contributed by atoms with E-state index in [2.05, 4.69) is 16.0 Å². The summed E-state index contributed by atoms with van der Waals surface area (Å²) in [6, 6.07) is 14.6. The first-order valence-electron chi connectivity index (χ1n) is 10.2. The Labute approximate surface area is 177 Å². The van der Waals surface area contributed by atoms with Crippen LogP contribution in [0.3, 0.4) is 0 Å². The molecule has 0 unspecified atom stereocenters. The Balaban J connectivity index is 2.07. The van der Waals surface area contributed by atoms with Crippen LogP contribution in [0.1, 0.15) is 38.1 Å². The predicted molar refractivity (Wildman–Crippen MR) is 120 cm³/mol. The summed E-state index contributed by atoms with van der Waals surface area (Å²) in [6.07, 6.45) is 0. The van der Waals surface area contributed by atoms with Gasteiger partial charge in [0.25, 0.3) is 5.91 Å². The van der Waals surface area contributed by atoms with Gasteiger partial charge in [-0.05, 0) is 50.1 Å². The summed E-state index contributed by atoms with van der Waals surface area (Å²) in [6.45, 7) is 8.78. The number of para-hydroxylation sites is 1. The largest absolute Gasteiger partial charge is 0.339 e. The summed E-state index contributed by atoms with van der Waals surface area (Å²) in [5.74, 6) is -0.565. The van der Waals surface area contributed by atoms with Crippen molar-refractivity contribution in [3.05, 3.63) is 60.2 Å². The highest BCUT2D eigenvalue weighted by molar-refractivity contribution is 6.01. The van der Waals surface area contributed by atoms with Crippen LogP contribution < -0.4 is 16.0 Å². The summed E-state index contributed by atoms with van der Waals surface area (Å²) in [7, 11) is 0. The number of rotatable bonds is 8. The molecule has 1 atom stereocenters. The number of hydrogen-bond acceptors (Lipinski definition) is 3. The van der Waals surface area contributed by atoms with Crippen molar-refractivity contribution in [3.63, 3.8) is 0 Å². The van der Waals surface area contributed by atoms with E-state index < -0.39 is 12.1 Å². The Morgan fingerprint density at radius 3 is 2.10 bits per heavy atom. The van der Waals surface area contributed by atoms with Crippen molar-refractivity contribution in [1.82, 2.24) is 10.2 Å². The smallest absolute Gasteiger partial charge is 0.319 e. The fourth-order valence-electron chi connectivity index (χ4n) is 3.01. The molecule has 30 heavy (non-hydrogen) atoms. The molecule has 0 aromatic heterocycles. The standard InChI is InChI=1S/C23H30N4O3/c1-5-27(6-2)22(29)17-11-10-14-19(15-17)24-21(28)20(16(3)4)26-23(30)25-18-12-8-7-9-13-18/h7-16,20H,5-6H2,1-4H3,(H,24,28)(H2,25,26,30)/t20-/m1/s1. The number of benzene rings is 2. The fourth-order valence-corrected chi connectivity index (χ4v) is 3.01. The van der Waals surface area contributed by atoms with Crippen molar-refractivity contribution in [1.29, 1.82) is 0 Å². The van der Waals surface area contributed by atoms with Gasteiger partial charge in [0.2, 0.25) is 5.91 Å². The van der Waals surface area contributed by atoms with Crippen molar-refractivity contribution in [2.24, 2.45) is 5.92 Å². The molecule has 2 rings (SSSR count). The van der Waals surface area contributed by atoms with Crippen molar-refractivity contribution in [2.75, 3.05) is 23.7 Å². The molecule has 0 radical (unpaired) electrons. The molecule has 7 nitrogen and oxygen atoms in total. The predicted octanol–water partition coefficient (Wildman–Crippen LogP) is 3.95. The summed E-state index contributed by atoms with van der Waals surface area (Å²) in [5, 5.41) is 8.25. The van der Waals surface area contributed by atoms with Crippen LogP contribution in [0.15, 0.2) is 54.6 Å². The molecule has 0 aliphatic carbocycles. The third-order valence-corrected chi connectivity index (χ3v) is 4.70. The Bertz CT molecular complexity index is 864. The second-order valence-electron chi connectivity index (χ2n) is 7.23. The normalized spacial score (nSPS) is 11.5. The molecule has 0 bridgehead atoms. The van der Waals surface area contributed by atoms with Gasteiger partial charge >= 0.3 is 6.03 Å². The second-order valence-corrected chi connectivity index (χ2v) is 7.23. The van der Waals surface area contributed by atoms with Crippen LogP contribution in [0.25, 0.3) is 0 Å². The summed E-state index contributed by atoms with van der Waals surface area (Å²) in [5.41, 5.74) is 1.65. The lowest BCUT2D eigenvalue weighted by Gasteiger charge is -2.22. The first kappa shape index (κ1) is 22.9. The minimum atomic E-state index is -0.740. The molecule has 3 N–H and O–H groups in total. The van der Waals surface area contributed by atoms with E-state index in [1.165, 1.54) is 0 Å². The zero-order chi connectivity index (χ0) is 22.1. The summed E-state index contributed by atoms with van der Waals surface area (Å²) >= 11 is 0. The topological polar surface area (TPSA) is 90.5 Å². The van der Waals surface area contributed by atoms with Gasteiger partial charge in [0.15, 0.2) is 0 Å². The van der Waals surface area contributed by atoms with E-state index in [1.807, 2.05) is 45.9 Å². The van der Waals surface area contributed by atoms with E-state index in [1.54, 1.807) is 41.3 Å². The van der Waals surface area contributed by atoms with Crippen LogP contribution in [-0.2, 0) is 4.79 Å². The number of amides is 4. The van der Waals surface area contributed by atoms with E-state index in [4.69, 9.17) is 0 Å². The average molecular weight is 411 g/mol. The highest BCUT2D eigenvalue weighted by Gasteiger charge is 2.24. The first-order valence-corrected chi connectivity index (χ1v) is 10.2. The van der Waals surface area contributed by atoms with Crippen molar-refractivity contribution in [3.8, 4) is 0 Å². The maximum atomic E-state index is 12.8. The molecule has 0 heterocycles. The molecular formula is C23H30N4O3. The zero-order valence-corrected chi connectivity index (χ0v) is 17.9. The average Bonchev–Trinajstić information content (AvgIpc) is 2.73. The van der Waals surface area contributed by atoms with Gasteiger partial charge in [-0.3, -0.25) is 9.59 Å². The molecule has 7 heteroatoms. The summed E-state index contributed by atoms with van der Waals surface area (Å²) in [4.78, 5) is 39.4. The lowest BCUT2D eigenvalue weighted by Crippen LogP contribution is -2.48. The molecule has 0 spiro atoms. The van der Waals surface area contributed by atoms with Crippen molar-refractivity contribution >= 4 is 29.2 Å². The monoisotopic (exact) mass is 410 g/mol. The maximum Gasteiger partial charge on any atom is 0.319 e. The van der Waals surface area contributed by atoms with Crippen molar-refractivity contribution < 1.29 is 14.4 Å².